The van der Waals surface area contributed by atoms with E-state index in [1.165, 1.54) is 57.8 Å². The summed E-state index contributed by atoms with van der Waals surface area (Å²) in [5.74, 6) is 2.42. The van der Waals surface area contributed by atoms with Crippen LogP contribution in [0.5, 0.6) is 0 Å². The maximum Gasteiger partial charge on any atom is 0.157 e. The zero-order valence-electron chi connectivity index (χ0n) is 16.5. The summed E-state index contributed by atoms with van der Waals surface area (Å²) in [7, 11) is 0. The molecule has 1 heterocycles. The van der Waals surface area contributed by atoms with Crippen molar-refractivity contribution in [1.29, 1.82) is 0 Å². The van der Waals surface area contributed by atoms with E-state index in [-0.39, 0.29) is 6.29 Å². The van der Waals surface area contributed by atoms with E-state index in [0.29, 0.717) is 12.0 Å². The van der Waals surface area contributed by atoms with Crippen molar-refractivity contribution in [2.75, 3.05) is 6.61 Å². The minimum absolute atomic E-state index is 0.0562. The Bertz CT molecular complexity index is 273. The molecular formula is C21H42O2. The predicted molar refractivity (Wildman–Crippen MR) is 99.6 cm³/mol. The Morgan fingerprint density at radius 3 is 2.17 bits per heavy atom. The van der Waals surface area contributed by atoms with Crippen LogP contribution >= 0.6 is 0 Å². The van der Waals surface area contributed by atoms with Gasteiger partial charge in [0.1, 0.15) is 0 Å². The van der Waals surface area contributed by atoms with Gasteiger partial charge in [-0.15, -0.1) is 0 Å². The van der Waals surface area contributed by atoms with E-state index >= 15 is 0 Å². The molecule has 0 radical (unpaired) electrons. The lowest BCUT2D eigenvalue weighted by atomic mass is 9.91. The average molecular weight is 327 g/mol. The summed E-state index contributed by atoms with van der Waals surface area (Å²) in [6, 6.07) is 0. The maximum absolute atomic E-state index is 6.09. The lowest BCUT2D eigenvalue weighted by Gasteiger charge is -2.29. The molecule has 1 aliphatic heterocycles. The number of hydrogen-bond donors (Lipinski definition) is 0. The van der Waals surface area contributed by atoms with Gasteiger partial charge in [0.25, 0.3) is 0 Å². The fraction of sp³-hybridized carbons (Fsp3) is 1.00. The molecule has 0 bridgehead atoms. The van der Waals surface area contributed by atoms with Crippen LogP contribution < -0.4 is 0 Å². The van der Waals surface area contributed by atoms with E-state index in [4.69, 9.17) is 9.47 Å². The van der Waals surface area contributed by atoms with E-state index < -0.39 is 0 Å². The molecule has 0 amide bonds. The van der Waals surface area contributed by atoms with Crippen molar-refractivity contribution in [3.05, 3.63) is 0 Å². The Morgan fingerprint density at radius 2 is 1.57 bits per heavy atom. The zero-order chi connectivity index (χ0) is 17.1. The number of rotatable bonds is 12. The minimum atomic E-state index is 0.0562. The Labute approximate surface area is 145 Å². The monoisotopic (exact) mass is 326 g/mol. The number of hydrogen-bond acceptors (Lipinski definition) is 2. The largest absolute Gasteiger partial charge is 0.353 e. The van der Waals surface area contributed by atoms with Crippen LogP contribution in [0.3, 0.4) is 0 Å². The van der Waals surface area contributed by atoms with Gasteiger partial charge in [-0.25, -0.2) is 0 Å². The summed E-state index contributed by atoms with van der Waals surface area (Å²) in [5, 5.41) is 0. The molecule has 1 rings (SSSR count). The summed E-state index contributed by atoms with van der Waals surface area (Å²) in [6.07, 6.45) is 13.4. The minimum Gasteiger partial charge on any atom is -0.353 e. The molecule has 0 saturated carbocycles. The molecule has 0 aliphatic carbocycles. The molecule has 1 fully saturated rings. The fourth-order valence-corrected chi connectivity index (χ4v) is 3.38. The van der Waals surface area contributed by atoms with Crippen LogP contribution in [-0.2, 0) is 9.47 Å². The SMILES string of the molecule is CC[C@@H](C)CCC[C@H](C)CCC[C@H](C)[C@H](C)OC1CCCCO1. The second-order valence-corrected chi connectivity index (χ2v) is 8.10. The molecule has 0 aromatic rings. The lowest BCUT2D eigenvalue weighted by molar-refractivity contribution is -0.193. The molecule has 1 aliphatic rings. The van der Waals surface area contributed by atoms with Crippen LogP contribution in [0, 0.1) is 17.8 Å². The van der Waals surface area contributed by atoms with Gasteiger partial charge in [-0.3, -0.25) is 0 Å². The van der Waals surface area contributed by atoms with E-state index in [2.05, 4.69) is 34.6 Å². The van der Waals surface area contributed by atoms with Crippen molar-refractivity contribution in [3.8, 4) is 0 Å². The smallest absolute Gasteiger partial charge is 0.157 e. The van der Waals surface area contributed by atoms with Crippen molar-refractivity contribution in [1.82, 2.24) is 0 Å². The third kappa shape index (κ3) is 9.72. The van der Waals surface area contributed by atoms with E-state index in [1.54, 1.807) is 0 Å². The summed E-state index contributed by atoms with van der Waals surface area (Å²) in [5.41, 5.74) is 0. The average Bonchev–Trinajstić information content (AvgIpc) is 2.55. The normalized spacial score (nSPS) is 24.1. The highest BCUT2D eigenvalue weighted by atomic mass is 16.7. The van der Waals surface area contributed by atoms with Gasteiger partial charge in [0, 0.05) is 6.61 Å². The molecule has 2 heteroatoms. The van der Waals surface area contributed by atoms with Gasteiger partial charge < -0.3 is 9.47 Å². The highest BCUT2D eigenvalue weighted by Crippen LogP contribution is 2.24. The van der Waals surface area contributed by atoms with Gasteiger partial charge in [0.2, 0.25) is 0 Å². The predicted octanol–water partition coefficient (Wildman–Crippen LogP) is 6.58. The van der Waals surface area contributed by atoms with Gasteiger partial charge >= 0.3 is 0 Å². The van der Waals surface area contributed by atoms with Gasteiger partial charge in [-0.05, 0) is 50.4 Å². The van der Waals surface area contributed by atoms with E-state index in [0.717, 1.165) is 24.9 Å². The fourth-order valence-electron chi connectivity index (χ4n) is 3.38. The van der Waals surface area contributed by atoms with Crippen LogP contribution in [0.1, 0.15) is 98.8 Å². The molecule has 0 spiro atoms. The highest BCUT2D eigenvalue weighted by Gasteiger charge is 2.20. The molecule has 0 aromatic heterocycles. The molecule has 1 saturated heterocycles. The molecule has 1 unspecified atom stereocenters. The highest BCUT2D eigenvalue weighted by molar-refractivity contribution is 4.66. The van der Waals surface area contributed by atoms with Gasteiger partial charge in [-0.1, -0.05) is 66.2 Å². The number of ether oxygens (including phenoxy) is 2. The summed E-state index contributed by atoms with van der Waals surface area (Å²) >= 11 is 0. The third-order valence-electron chi connectivity index (χ3n) is 5.75. The maximum atomic E-state index is 6.09. The summed E-state index contributed by atoms with van der Waals surface area (Å²) in [6.45, 7) is 12.5. The van der Waals surface area contributed by atoms with Crippen molar-refractivity contribution < 1.29 is 9.47 Å². The van der Waals surface area contributed by atoms with Crippen molar-refractivity contribution in [2.45, 2.75) is 111 Å². The van der Waals surface area contributed by atoms with Crippen LogP contribution in [-0.4, -0.2) is 19.0 Å². The Morgan fingerprint density at radius 1 is 0.913 bits per heavy atom. The first-order valence-corrected chi connectivity index (χ1v) is 10.3. The zero-order valence-corrected chi connectivity index (χ0v) is 16.5. The van der Waals surface area contributed by atoms with Gasteiger partial charge in [0.05, 0.1) is 6.10 Å². The lowest BCUT2D eigenvalue weighted by Crippen LogP contribution is -2.29. The molecule has 0 N–H and O–H groups in total. The second-order valence-electron chi connectivity index (χ2n) is 8.10. The van der Waals surface area contributed by atoms with Crippen molar-refractivity contribution in [2.24, 2.45) is 17.8 Å². The Kier molecular flexibility index (Phi) is 11.2. The molecular weight excluding hydrogens is 284 g/mol. The third-order valence-corrected chi connectivity index (χ3v) is 5.75. The first kappa shape index (κ1) is 21.0. The standard InChI is InChI=1S/C21H42O2/c1-6-17(2)11-9-12-18(3)13-10-14-19(4)20(5)23-21-15-7-8-16-22-21/h17-21H,6-16H2,1-5H3/t17-,18+,19+,20+,21?/m1/s1. The van der Waals surface area contributed by atoms with Gasteiger partial charge in [0.15, 0.2) is 6.29 Å². The van der Waals surface area contributed by atoms with Crippen molar-refractivity contribution in [3.63, 3.8) is 0 Å². The second kappa shape index (κ2) is 12.3. The topological polar surface area (TPSA) is 18.5 Å². The Balaban J connectivity index is 2.06. The van der Waals surface area contributed by atoms with Crippen LogP contribution in [0.25, 0.3) is 0 Å². The summed E-state index contributed by atoms with van der Waals surface area (Å²) in [4.78, 5) is 0. The van der Waals surface area contributed by atoms with E-state index in [1.807, 2.05) is 0 Å². The Hall–Kier alpha value is -0.0800. The van der Waals surface area contributed by atoms with Gasteiger partial charge in [-0.2, -0.15) is 0 Å². The summed E-state index contributed by atoms with van der Waals surface area (Å²) < 4.78 is 11.8. The molecule has 5 atom stereocenters. The van der Waals surface area contributed by atoms with Crippen LogP contribution in [0.4, 0.5) is 0 Å². The van der Waals surface area contributed by atoms with Crippen molar-refractivity contribution >= 4 is 0 Å². The van der Waals surface area contributed by atoms with E-state index in [9.17, 15) is 0 Å². The molecule has 2 nitrogen and oxygen atoms in total. The molecule has 138 valence electrons. The van der Waals surface area contributed by atoms with Crippen LogP contribution in [0.15, 0.2) is 0 Å². The van der Waals surface area contributed by atoms with Crippen LogP contribution in [0.2, 0.25) is 0 Å². The first-order valence-electron chi connectivity index (χ1n) is 10.3. The quantitative estimate of drug-likeness (QED) is 0.403. The first-order chi connectivity index (χ1) is 11.0. The molecule has 23 heavy (non-hydrogen) atoms. The molecule has 0 aromatic carbocycles.